The summed E-state index contributed by atoms with van der Waals surface area (Å²) in [4.78, 5) is 13.7. The Kier molecular flexibility index (Phi) is 5.00. The Morgan fingerprint density at radius 2 is 1.96 bits per heavy atom. The average molecular weight is 385 g/mol. The van der Waals surface area contributed by atoms with Crippen LogP contribution in [0.25, 0.3) is 16.3 Å². The number of carbonyl (C=O) groups excluding carboxylic acids is 1. The van der Waals surface area contributed by atoms with Crippen LogP contribution in [-0.2, 0) is 11.3 Å². The van der Waals surface area contributed by atoms with E-state index < -0.39 is 5.97 Å². The largest absolute Gasteiger partial charge is 0.457 e. The van der Waals surface area contributed by atoms with Crippen molar-refractivity contribution in [3.63, 3.8) is 0 Å². The number of thiophene rings is 1. The predicted molar refractivity (Wildman–Crippen MR) is 107 cm³/mol. The van der Waals surface area contributed by atoms with Crippen molar-refractivity contribution in [1.29, 1.82) is 5.26 Å². The average Bonchev–Trinajstić information content (AvgIpc) is 3.42. The van der Waals surface area contributed by atoms with Gasteiger partial charge in [-0.05, 0) is 41.3 Å². The van der Waals surface area contributed by atoms with E-state index in [9.17, 15) is 4.79 Å². The quantitative estimate of drug-likeness (QED) is 0.462. The van der Waals surface area contributed by atoms with Crippen molar-refractivity contribution in [2.75, 3.05) is 0 Å². The van der Waals surface area contributed by atoms with Gasteiger partial charge in [0.05, 0.1) is 22.2 Å². The normalized spacial score (nSPS) is 10.4. The molecule has 0 atom stereocenters. The molecule has 0 aliphatic carbocycles. The molecule has 28 heavy (non-hydrogen) atoms. The second kappa shape index (κ2) is 7.91. The van der Waals surface area contributed by atoms with E-state index in [2.05, 4.69) is 11.2 Å². The molecule has 0 radical (unpaired) electrons. The molecule has 2 heterocycles. The van der Waals surface area contributed by atoms with Crippen molar-refractivity contribution in [2.45, 2.75) is 6.61 Å². The highest BCUT2D eigenvalue weighted by Crippen LogP contribution is 2.28. The van der Waals surface area contributed by atoms with Gasteiger partial charge in [-0.25, -0.2) is 9.48 Å². The summed E-state index contributed by atoms with van der Waals surface area (Å²) in [5.41, 5.74) is 3.16. The van der Waals surface area contributed by atoms with Gasteiger partial charge in [-0.3, -0.25) is 0 Å². The highest BCUT2D eigenvalue weighted by Gasteiger charge is 2.20. The van der Waals surface area contributed by atoms with E-state index in [4.69, 9.17) is 10.00 Å². The fourth-order valence-corrected chi connectivity index (χ4v) is 3.51. The van der Waals surface area contributed by atoms with Crippen LogP contribution in [0, 0.1) is 11.3 Å². The highest BCUT2D eigenvalue weighted by molar-refractivity contribution is 7.13. The Morgan fingerprint density at radius 1 is 1.11 bits per heavy atom. The van der Waals surface area contributed by atoms with Gasteiger partial charge in [0.1, 0.15) is 17.9 Å². The first-order valence-corrected chi connectivity index (χ1v) is 9.48. The molecule has 6 heteroatoms. The Labute approximate surface area is 166 Å². The molecule has 5 nitrogen and oxygen atoms in total. The van der Waals surface area contributed by atoms with Crippen LogP contribution in [0.2, 0.25) is 0 Å². The molecule has 0 aliphatic rings. The number of hydrogen-bond donors (Lipinski definition) is 0. The summed E-state index contributed by atoms with van der Waals surface area (Å²) >= 11 is 1.52. The van der Waals surface area contributed by atoms with Gasteiger partial charge in [0.25, 0.3) is 0 Å². The van der Waals surface area contributed by atoms with Crippen molar-refractivity contribution >= 4 is 17.3 Å². The maximum atomic E-state index is 12.8. The summed E-state index contributed by atoms with van der Waals surface area (Å²) < 4.78 is 7.19. The Bertz CT molecular complexity index is 1140. The van der Waals surface area contributed by atoms with Crippen molar-refractivity contribution in [3.8, 4) is 22.3 Å². The first-order chi connectivity index (χ1) is 13.7. The number of benzene rings is 2. The van der Waals surface area contributed by atoms with E-state index in [-0.39, 0.29) is 6.61 Å². The Morgan fingerprint density at radius 3 is 2.71 bits per heavy atom. The fraction of sp³-hybridized carbons (Fsp3) is 0.0455. The number of ether oxygens (including phenoxy) is 1. The van der Waals surface area contributed by atoms with Crippen molar-refractivity contribution in [1.82, 2.24) is 9.78 Å². The first-order valence-electron chi connectivity index (χ1n) is 8.60. The molecule has 2 aromatic heterocycles. The van der Waals surface area contributed by atoms with Gasteiger partial charge in [-0.2, -0.15) is 10.4 Å². The topological polar surface area (TPSA) is 67.9 Å². The third-order valence-electron chi connectivity index (χ3n) is 4.14. The van der Waals surface area contributed by atoms with Crippen LogP contribution >= 0.6 is 11.3 Å². The summed E-state index contributed by atoms with van der Waals surface area (Å²) in [6, 6.07) is 22.6. The Balaban J connectivity index is 1.63. The summed E-state index contributed by atoms with van der Waals surface area (Å²) in [6.45, 7) is 0.0920. The molecule has 4 aromatic rings. The SMILES string of the molecule is N#Cc1cccc(COC(=O)c2cn(-c3ccccc3)nc2-c2cccs2)c1. The molecule has 0 saturated carbocycles. The predicted octanol–water partition coefficient (Wildman–Crippen LogP) is 4.83. The summed E-state index contributed by atoms with van der Waals surface area (Å²) in [5, 5.41) is 15.6. The molecular formula is C22H15N3O2S. The van der Waals surface area contributed by atoms with E-state index in [0.717, 1.165) is 16.1 Å². The molecule has 4 rings (SSSR count). The lowest BCUT2D eigenvalue weighted by Gasteiger charge is -2.05. The minimum absolute atomic E-state index is 0.0920. The highest BCUT2D eigenvalue weighted by atomic mass is 32.1. The van der Waals surface area contributed by atoms with E-state index in [1.165, 1.54) is 11.3 Å². The molecular weight excluding hydrogens is 370 g/mol. The standard InChI is InChI=1S/C22H15N3O2S/c23-13-16-6-4-7-17(12-16)15-27-22(26)19-14-25(18-8-2-1-3-9-18)24-21(19)20-10-5-11-28-20/h1-12,14H,15H2. The molecule has 0 N–H and O–H groups in total. The van der Waals surface area contributed by atoms with Gasteiger partial charge in [-0.15, -0.1) is 11.3 Å². The second-order valence-electron chi connectivity index (χ2n) is 6.04. The van der Waals surface area contributed by atoms with Gasteiger partial charge in [0, 0.05) is 6.20 Å². The van der Waals surface area contributed by atoms with Crippen molar-refractivity contribution in [2.24, 2.45) is 0 Å². The maximum Gasteiger partial charge on any atom is 0.342 e. The number of para-hydroxylation sites is 1. The smallest absolute Gasteiger partial charge is 0.342 e. The number of esters is 1. The van der Waals surface area contributed by atoms with E-state index in [1.54, 1.807) is 29.1 Å². The molecule has 0 saturated heterocycles. The number of nitriles is 1. The first kappa shape index (κ1) is 17.7. The zero-order valence-electron chi connectivity index (χ0n) is 14.8. The van der Waals surface area contributed by atoms with Crippen molar-refractivity contribution in [3.05, 3.63) is 95.0 Å². The number of rotatable bonds is 5. The van der Waals surface area contributed by atoms with Crippen LogP contribution in [0.1, 0.15) is 21.5 Å². The van der Waals surface area contributed by atoms with Crippen LogP contribution in [-0.4, -0.2) is 15.7 Å². The lowest BCUT2D eigenvalue weighted by molar-refractivity contribution is 0.0473. The van der Waals surface area contributed by atoms with Crippen LogP contribution < -0.4 is 0 Å². The van der Waals surface area contributed by atoms with Gasteiger partial charge in [-0.1, -0.05) is 36.4 Å². The monoisotopic (exact) mass is 385 g/mol. The maximum absolute atomic E-state index is 12.8. The molecule has 0 amide bonds. The van der Waals surface area contributed by atoms with E-state index in [1.807, 2.05) is 53.9 Å². The molecule has 0 unspecified atom stereocenters. The molecule has 0 bridgehead atoms. The van der Waals surface area contributed by atoms with Crippen LogP contribution in [0.15, 0.2) is 78.3 Å². The molecule has 0 fully saturated rings. The minimum Gasteiger partial charge on any atom is -0.457 e. The van der Waals surface area contributed by atoms with Crippen LogP contribution in [0.5, 0.6) is 0 Å². The summed E-state index contributed by atoms with van der Waals surface area (Å²) in [5.74, 6) is -0.451. The van der Waals surface area contributed by atoms with Gasteiger partial charge < -0.3 is 4.74 Å². The molecule has 0 aliphatic heterocycles. The molecule has 0 spiro atoms. The lowest BCUT2D eigenvalue weighted by Crippen LogP contribution is -2.05. The zero-order chi connectivity index (χ0) is 19.3. The molecule has 2 aromatic carbocycles. The summed E-state index contributed by atoms with van der Waals surface area (Å²) in [6.07, 6.45) is 1.69. The van der Waals surface area contributed by atoms with Gasteiger partial charge in [0.15, 0.2) is 0 Å². The number of aromatic nitrogens is 2. The Hall–Kier alpha value is -3.69. The second-order valence-corrected chi connectivity index (χ2v) is 6.98. The number of hydrogen-bond acceptors (Lipinski definition) is 5. The lowest BCUT2D eigenvalue weighted by atomic mass is 10.1. The number of nitrogens with zero attached hydrogens (tertiary/aromatic N) is 3. The third-order valence-corrected chi connectivity index (χ3v) is 5.01. The van der Waals surface area contributed by atoms with Gasteiger partial charge in [0.2, 0.25) is 0 Å². The minimum atomic E-state index is -0.451. The number of carbonyl (C=O) groups is 1. The zero-order valence-corrected chi connectivity index (χ0v) is 15.6. The van der Waals surface area contributed by atoms with Crippen LogP contribution in [0.3, 0.4) is 0 Å². The molecule has 136 valence electrons. The third kappa shape index (κ3) is 3.70. The van der Waals surface area contributed by atoms with Crippen LogP contribution in [0.4, 0.5) is 0 Å². The van der Waals surface area contributed by atoms with E-state index in [0.29, 0.717) is 16.8 Å². The van der Waals surface area contributed by atoms with E-state index >= 15 is 0 Å². The summed E-state index contributed by atoms with van der Waals surface area (Å²) in [7, 11) is 0. The fourth-order valence-electron chi connectivity index (χ4n) is 2.79. The van der Waals surface area contributed by atoms with Gasteiger partial charge >= 0.3 is 5.97 Å². The van der Waals surface area contributed by atoms with Crippen molar-refractivity contribution < 1.29 is 9.53 Å².